The Morgan fingerprint density at radius 3 is 1.85 bits per heavy atom. The molecule has 0 spiro atoms. The number of ether oxygens (including phenoxy) is 1. The fourth-order valence-corrected chi connectivity index (χ4v) is 9.06. The van der Waals surface area contributed by atoms with Gasteiger partial charge in [-0.15, -0.1) is 29.7 Å². The minimum atomic E-state index is -0.280. The van der Waals surface area contributed by atoms with Crippen molar-refractivity contribution in [1.29, 1.82) is 0 Å². The summed E-state index contributed by atoms with van der Waals surface area (Å²) in [5.74, 6) is 2.03. The molecule has 4 heterocycles. The Balaban J connectivity index is 0.00000548. The van der Waals surface area contributed by atoms with Crippen molar-refractivity contribution < 1.29 is 30.4 Å². The maximum absolute atomic E-state index is 6.66. The van der Waals surface area contributed by atoms with Gasteiger partial charge in [-0.1, -0.05) is 171 Å². The molecule has 0 amide bonds. The third kappa shape index (κ3) is 8.35. The van der Waals surface area contributed by atoms with Crippen LogP contribution in [0, 0.1) is 12.3 Å². The molecule has 1 unspecified atom stereocenters. The second-order valence-corrected chi connectivity index (χ2v) is 20.4. The Kier molecular flexibility index (Phi) is 11.6. The Morgan fingerprint density at radius 1 is 0.576 bits per heavy atom. The third-order valence-corrected chi connectivity index (χ3v) is 12.7. The molecule has 0 N–H and O–H groups in total. The summed E-state index contributed by atoms with van der Waals surface area (Å²) < 4.78 is 13.2. The van der Waals surface area contributed by atoms with Gasteiger partial charge < -0.3 is 18.4 Å². The summed E-state index contributed by atoms with van der Waals surface area (Å²) >= 11 is 0. The number of hydrogen-bond acceptors (Lipinski definition) is 2. The van der Waals surface area contributed by atoms with Crippen LogP contribution in [0.2, 0.25) is 0 Å². The largest absolute Gasteiger partial charge is 0.503 e. The van der Waals surface area contributed by atoms with Gasteiger partial charge in [0.05, 0.1) is 11.9 Å². The van der Waals surface area contributed by atoms with Gasteiger partial charge in [0.1, 0.15) is 17.2 Å². The summed E-state index contributed by atoms with van der Waals surface area (Å²) in [6.45, 7) is 20.3. The molecule has 1 atom stereocenters. The van der Waals surface area contributed by atoms with E-state index in [0.717, 1.165) is 66.8 Å². The van der Waals surface area contributed by atoms with Gasteiger partial charge in [0, 0.05) is 44.1 Å². The van der Waals surface area contributed by atoms with Gasteiger partial charge >= 0.3 is 0 Å². The summed E-state index contributed by atoms with van der Waals surface area (Å²) in [5, 5.41) is 2.23. The number of benzene rings is 6. The third-order valence-electron chi connectivity index (χ3n) is 12.7. The molecule has 6 aromatic carbocycles. The molecule has 6 heteroatoms. The quantitative estimate of drug-likeness (QED) is 0.118. The van der Waals surface area contributed by atoms with Crippen LogP contribution in [0.1, 0.15) is 90.6 Å². The summed E-state index contributed by atoms with van der Waals surface area (Å²) in [4.78, 5) is 4.86. The fourth-order valence-electron chi connectivity index (χ4n) is 9.06. The summed E-state index contributed by atoms with van der Waals surface area (Å²) in [7, 11) is 0. The topological polar surface area (TPSA) is 33.9 Å². The normalized spacial score (nSPS) is 14.0. The average Bonchev–Trinajstić information content (AvgIpc) is 3.84. The average molecular weight is 1040 g/mol. The predicted octanol–water partition coefficient (Wildman–Crippen LogP) is 14.5. The van der Waals surface area contributed by atoms with Crippen molar-refractivity contribution in [1.82, 2.24) is 14.1 Å². The zero-order valence-corrected chi connectivity index (χ0v) is 41.5. The Hall–Kier alpha value is -6.42. The van der Waals surface area contributed by atoms with E-state index in [1.165, 1.54) is 16.7 Å². The van der Waals surface area contributed by atoms with E-state index in [1.807, 2.05) is 30.6 Å². The van der Waals surface area contributed by atoms with Crippen molar-refractivity contribution in [2.24, 2.45) is 0 Å². The van der Waals surface area contributed by atoms with Crippen LogP contribution >= 0.6 is 0 Å². The van der Waals surface area contributed by atoms with Crippen molar-refractivity contribution in [3.05, 3.63) is 199 Å². The van der Waals surface area contributed by atoms with Gasteiger partial charge in [-0.25, -0.2) is 4.98 Å². The van der Waals surface area contributed by atoms with Crippen LogP contribution in [0.4, 0.5) is 11.4 Å². The smallest absolute Gasteiger partial charge is 0.191 e. The zero-order chi connectivity index (χ0) is 45.3. The first-order valence-corrected chi connectivity index (χ1v) is 22.7. The zero-order valence-electron chi connectivity index (χ0n) is 39.2. The molecule has 332 valence electrons. The molecule has 9 aromatic rings. The van der Waals surface area contributed by atoms with Crippen molar-refractivity contribution in [3.8, 4) is 39.6 Å². The van der Waals surface area contributed by atoms with E-state index >= 15 is 0 Å². The summed E-state index contributed by atoms with van der Waals surface area (Å²) in [5.41, 5.74) is 13.8. The monoisotopic (exact) mass is 1040 g/mol. The molecule has 1 aliphatic heterocycles. The van der Waals surface area contributed by atoms with Gasteiger partial charge in [0.25, 0.3) is 0 Å². The second-order valence-electron chi connectivity index (χ2n) is 20.4. The Bertz CT molecular complexity index is 3210. The van der Waals surface area contributed by atoms with Crippen LogP contribution in [-0.2, 0) is 37.3 Å². The molecule has 0 fully saturated rings. The number of para-hydroxylation sites is 3. The minimum Gasteiger partial charge on any atom is -0.503 e. The molecule has 5 nitrogen and oxygen atoms in total. The Labute approximate surface area is 404 Å². The van der Waals surface area contributed by atoms with Gasteiger partial charge in [-0.3, -0.25) is 0 Å². The van der Waals surface area contributed by atoms with Crippen molar-refractivity contribution in [3.63, 3.8) is 0 Å². The first-order chi connectivity index (χ1) is 31.1. The van der Waals surface area contributed by atoms with E-state index in [2.05, 4.69) is 228 Å². The molecular formula is C60H55N4OPt-. The maximum Gasteiger partial charge on any atom is 0.191 e. The molecule has 0 saturated carbocycles. The molecule has 66 heavy (non-hydrogen) atoms. The number of pyridine rings is 2. The molecule has 1 aliphatic rings. The van der Waals surface area contributed by atoms with E-state index in [4.69, 9.17) is 9.72 Å². The Morgan fingerprint density at radius 2 is 1.20 bits per heavy atom. The molecule has 0 bridgehead atoms. The fraction of sp³-hybridized carbons (Fsp3) is 0.217. The van der Waals surface area contributed by atoms with Crippen molar-refractivity contribution in [2.75, 3.05) is 0 Å². The molecule has 10 rings (SSSR count). The van der Waals surface area contributed by atoms with Crippen LogP contribution in [0.3, 0.4) is 0 Å². The molecular weight excluding hydrogens is 988 g/mol. The van der Waals surface area contributed by atoms with Crippen LogP contribution < -0.4 is 13.9 Å². The van der Waals surface area contributed by atoms with Crippen molar-refractivity contribution >= 4 is 39.4 Å². The minimum absolute atomic E-state index is 0. The van der Waals surface area contributed by atoms with Crippen LogP contribution in [0.5, 0.6) is 11.5 Å². The summed E-state index contributed by atoms with van der Waals surface area (Å²) in [6.07, 6.45) is 11.5. The van der Waals surface area contributed by atoms with Crippen molar-refractivity contribution in [2.45, 2.75) is 84.6 Å². The van der Waals surface area contributed by atoms with E-state index < -0.39 is 0 Å². The van der Waals surface area contributed by atoms with Crippen LogP contribution in [0.15, 0.2) is 164 Å². The van der Waals surface area contributed by atoms with E-state index in [-0.39, 0.29) is 43.4 Å². The van der Waals surface area contributed by atoms with Gasteiger partial charge in [0.2, 0.25) is 0 Å². The summed E-state index contributed by atoms with van der Waals surface area (Å²) in [6, 6.07) is 57.6. The van der Waals surface area contributed by atoms with Gasteiger partial charge in [-0.05, 0) is 84.8 Å². The first kappa shape index (κ1) is 44.8. The molecule has 0 radical (unpaired) electrons. The van der Waals surface area contributed by atoms with E-state index in [0.29, 0.717) is 11.5 Å². The number of nitrogens with zero attached hydrogens (tertiary/aromatic N) is 4. The molecule has 3 aromatic heterocycles. The van der Waals surface area contributed by atoms with Crippen LogP contribution in [0.25, 0.3) is 49.9 Å². The predicted molar refractivity (Wildman–Crippen MR) is 267 cm³/mol. The maximum atomic E-state index is 6.66. The molecule has 0 aliphatic carbocycles. The molecule has 0 saturated heterocycles. The van der Waals surface area contributed by atoms with E-state index in [1.54, 1.807) is 0 Å². The number of aromatic nitrogens is 3. The second kappa shape index (κ2) is 17.1. The van der Waals surface area contributed by atoms with Gasteiger partial charge in [-0.2, -0.15) is 6.07 Å². The number of rotatable bonds is 7. The standard InChI is InChI=1S/C60H55N4O.Pt/c1-58(2,3)42-27-23-40(24-28-42)47-19-14-20-48(41-25-29-43(30-26-41)59(4,5)6)57(47)63-39-55(51-18-11-12-21-52(51)63)62-35-15-16-46(38-62)65-45-31-32-50-49-17-10-13-22-53(49)64(54(50)37-45)56-36-44(33-34-61-56)60(7,8)9;/h10-36,55H,1-9H3;/q-1;. The first-order valence-electron chi connectivity index (χ1n) is 22.7. The van der Waals surface area contributed by atoms with Gasteiger partial charge in [0.15, 0.2) is 18.5 Å². The number of fused-ring (bicyclic) bond motifs is 4. The SMILES string of the molecule is CC(C)(C)c1ccc(-c2cccc(-c3ccc(C(C)(C)C)cc3)c2[N+]2=[C-]C([n+]3[c-]c(Oc4[c-]c5c(cc4)c4ccccc4n5-c4cc(C(C)(C)C)ccn4)ccc3)c3ccccc32)cc1.[Pt]. The number of hydrogen-bond donors (Lipinski definition) is 0. The van der Waals surface area contributed by atoms with E-state index in [9.17, 15) is 0 Å². The van der Waals surface area contributed by atoms with Crippen LogP contribution in [-0.4, -0.2) is 15.8 Å².